The summed E-state index contributed by atoms with van der Waals surface area (Å²) in [6.07, 6.45) is 9.70. The molecule has 0 N–H and O–H groups in total. The number of hydrogen-bond donors (Lipinski definition) is 0. The molecule has 0 spiro atoms. The minimum Gasteiger partial charge on any atom is -0.310 e. The summed E-state index contributed by atoms with van der Waals surface area (Å²) in [5.74, 6) is 3.78. The van der Waals surface area contributed by atoms with Crippen LogP contribution in [0, 0.1) is 13.8 Å². The number of para-hydroxylation sites is 2. The van der Waals surface area contributed by atoms with Gasteiger partial charge in [-0.05, 0) is 195 Å². The van der Waals surface area contributed by atoms with Gasteiger partial charge in [0.15, 0.2) is 0 Å². The third-order valence-corrected chi connectivity index (χ3v) is 18.9. The average Bonchev–Trinajstić information content (AvgIpc) is 1.76. The van der Waals surface area contributed by atoms with Crippen LogP contribution in [-0.4, -0.2) is 56.0 Å². The van der Waals surface area contributed by atoms with E-state index in [1.807, 2.05) is 137 Å². The van der Waals surface area contributed by atoms with Gasteiger partial charge in [0, 0.05) is 111 Å². The number of hydrogen-bond acceptors (Lipinski definition) is 10. The van der Waals surface area contributed by atoms with Crippen molar-refractivity contribution in [3.05, 3.63) is 321 Å². The molecule has 109 heavy (non-hydrogen) atoms. The number of nitrogens with zero attached hydrogens (tertiary/aromatic N) is 10. The summed E-state index contributed by atoms with van der Waals surface area (Å²) >= 11 is 0. The van der Waals surface area contributed by atoms with E-state index < -0.39 is 0 Å². The Morgan fingerprint density at radius 1 is 0.349 bits per heavy atom. The van der Waals surface area contributed by atoms with E-state index in [0.29, 0.717) is 36.0 Å². The van der Waals surface area contributed by atoms with Gasteiger partial charge in [-0.1, -0.05) is 210 Å². The second-order valence-electron chi connectivity index (χ2n) is 30.2. The summed E-state index contributed by atoms with van der Waals surface area (Å²) in [6, 6.07) is 74.0. The average molecular weight is 1450 g/mol. The molecule has 560 valence electrons. The first-order chi connectivity index (χ1) is 52.2. The van der Waals surface area contributed by atoms with Gasteiger partial charge >= 0.3 is 0 Å². The Morgan fingerprint density at radius 2 is 0.899 bits per heavy atom. The zero-order valence-electron chi connectivity index (χ0n) is 67.2. The van der Waals surface area contributed by atoms with Crippen molar-refractivity contribution in [1.82, 2.24) is 44.0 Å². The van der Waals surface area contributed by atoms with Crippen molar-refractivity contribution in [2.75, 3.05) is 4.90 Å². The second-order valence-corrected chi connectivity index (χ2v) is 30.2. The molecule has 0 saturated heterocycles. The Hall–Kier alpha value is -11.4. The first kappa shape index (κ1) is 81.6. The molecule has 0 saturated carbocycles. The standard InChI is InChI=1S/2C13H15N.C12H14N2O.C12H13NO.3C12H13N.C10H12N2O/c1-9(2)12-7-5-11-8-10(3)4-6-13(11)14-12;1-9(2)12-7-6-11-5-4-10(3)8-13(11)14-12;1-8(2)9-7-10-11(5-4-6-13-10)14(3)12(9)15;1-9(2)13-11-6-4-3-5-10(11)7-8-12(13)14;1-9(2)12-7-10-5-3-4-6-11(10)8-13-12;1-9(2)10-7-8-13-12-6-4-3-5-11(10)12;1-9(2)12-11-6-4-3-5-10(11)7-8-13-12;1-7(2)12-9(13)6-8-4-3-5-11-10(8)12/h2*4-9H,1-3H3;4-8H,1-3H3;3-9H,1-2H3;3*3-9H,1-2H3;3-5,7H,6H2,1-2H3. The molecule has 0 atom stereocenters. The Labute approximate surface area is 644 Å². The van der Waals surface area contributed by atoms with E-state index in [4.69, 9.17) is 0 Å². The predicted molar refractivity (Wildman–Crippen MR) is 459 cm³/mol. The van der Waals surface area contributed by atoms with Gasteiger partial charge in [0.2, 0.25) is 5.91 Å². The molecule has 13 heteroatoms. The Kier molecular flexibility index (Phi) is 28.7. The zero-order valence-corrected chi connectivity index (χ0v) is 67.2. The first-order valence-electron chi connectivity index (χ1n) is 38.3. The zero-order chi connectivity index (χ0) is 78.6. The van der Waals surface area contributed by atoms with Crippen molar-refractivity contribution >= 4 is 87.9 Å². The lowest BCUT2D eigenvalue weighted by Crippen LogP contribution is -2.33. The highest BCUT2D eigenvalue weighted by Crippen LogP contribution is 2.29. The van der Waals surface area contributed by atoms with E-state index in [-0.39, 0.29) is 35.0 Å². The number of benzene rings is 6. The fourth-order valence-electron chi connectivity index (χ4n) is 12.9. The highest BCUT2D eigenvalue weighted by atomic mass is 16.2. The van der Waals surface area contributed by atoms with Crippen molar-refractivity contribution < 1.29 is 4.79 Å². The van der Waals surface area contributed by atoms with Gasteiger partial charge in [-0.3, -0.25) is 49.2 Å². The fourth-order valence-corrected chi connectivity index (χ4v) is 12.9. The van der Waals surface area contributed by atoms with Gasteiger partial charge in [-0.2, -0.15) is 0 Å². The largest absolute Gasteiger partial charge is 0.310 e. The highest BCUT2D eigenvalue weighted by Gasteiger charge is 2.30. The van der Waals surface area contributed by atoms with Crippen LogP contribution in [0.15, 0.2) is 259 Å². The van der Waals surface area contributed by atoms with Crippen molar-refractivity contribution in [2.45, 2.75) is 179 Å². The number of pyridine rings is 9. The molecular formula is C96H108N10O3. The van der Waals surface area contributed by atoms with Crippen LogP contribution in [0.25, 0.3) is 76.2 Å². The molecule has 1 aliphatic heterocycles. The lowest BCUT2D eigenvalue weighted by atomic mass is 9.99. The van der Waals surface area contributed by atoms with Gasteiger partial charge in [0.25, 0.3) is 11.1 Å². The summed E-state index contributed by atoms with van der Waals surface area (Å²) in [5.41, 5.74) is 16.7. The molecule has 0 aliphatic carbocycles. The Morgan fingerprint density at radius 3 is 1.57 bits per heavy atom. The summed E-state index contributed by atoms with van der Waals surface area (Å²) in [6.45, 7) is 38.1. The first-order valence-corrected chi connectivity index (χ1v) is 38.3. The molecule has 0 bridgehead atoms. The predicted octanol–water partition coefficient (Wildman–Crippen LogP) is 23.4. The molecule has 13 nitrogen and oxygen atoms in total. The number of carbonyl (C=O) groups is 1. The van der Waals surface area contributed by atoms with Crippen LogP contribution >= 0.6 is 0 Å². The summed E-state index contributed by atoms with van der Waals surface area (Å²) < 4.78 is 3.48. The van der Waals surface area contributed by atoms with E-state index >= 15 is 0 Å². The number of carbonyl (C=O) groups excluding carboxylic acids is 1. The SMILES string of the molecule is CC(C)N1C(=O)Cc2cccnc21.CC(C)c1cc2ccccc2cn1.CC(C)c1cc2ncccc2n(C)c1=O.CC(C)c1ccnc2ccccc12.CC(C)c1nccc2ccccc12.CC(C)n1c(=O)ccc2ccccc21.Cc1ccc2ccc(C(C)C)nc2c1.Cc1ccc2nc(C(C)C)ccc2c1. The molecule has 1 amide bonds. The summed E-state index contributed by atoms with van der Waals surface area (Å²) in [4.78, 5) is 67.8. The topological polar surface area (TPSA) is 155 Å². The molecular weight excluding hydrogens is 1340 g/mol. The van der Waals surface area contributed by atoms with Crippen molar-refractivity contribution in [1.29, 1.82) is 0 Å². The molecule has 0 radical (unpaired) electrons. The second kappa shape index (κ2) is 38.4. The Balaban J connectivity index is 0.000000144. The molecule has 15 aromatic rings. The molecule has 6 aromatic carbocycles. The maximum atomic E-state index is 12.0. The van der Waals surface area contributed by atoms with E-state index in [2.05, 4.69) is 257 Å². The van der Waals surface area contributed by atoms with Crippen LogP contribution < -0.4 is 16.0 Å². The van der Waals surface area contributed by atoms with Crippen LogP contribution in [0.4, 0.5) is 5.82 Å². The van der Waals surface area contributed by atoms with Gasteiger partial charge in [-0.25, -0.2) is 4.98 Å². The van der Waals surface area contributed by atoms with Crippen molar-refractivity contribution in [3.8, 4) is 0 Å². The monoisotopic (exact) mass is 1450 g/mol. The molecule has 16 rings (SSSR count). The quantitative estimate of drug-likeness (QED) is 0.144. The van der Waals surface area contributed by atoms with E-state index in [0.717, 1.165) is 55.4 Å². The van der Waals surface area contributed by atoms with Gasteiger partial charge < -0.3 is 9.13 Å². The highest BCUT2D eigenvalue weighted by molar-refractivity contribution is 6.00. The van der Waals surface area contributed by atoms with Gasteiger partial charge in [-0.15, -0.1) is 0 Å². The van der Waals surface area contributed by atoms with Crippen LogP contribution in [0.1, 0.15) is 203 Å². The minimum absolute atomic E-state index is 0.0682. The third kappa shape index (κ3) is 21.5. The molecule has 1 aliphatic rings. The van der Waals surface area contributed by atoms with Crippen LogP contribution in [0.5, 0.6) is 0 Å². The fraction of sp³-hybridized carbons (Fsp3) is 0.292. The summed E-state index contributed by atoms with van der Waals surface area (Å²) in [5, 5.41) is 9.89. The molecule has 0 fully saturated rings. The number of anilines is 1. The maximum Gasteiger partial charge on any atom is 0.254 e. The van der Waals surface area contributed by atoms with Crippen molar-refractivity contribution in [2.24, 2.45) is 7.05 Å². The van der Waals surface area contributed by atoms with Gasteiger partial charge in [0.1, 0.15) is 5.82 Å². The lowest BCUT2D eigenvalue weighted by molar-refractivity contribution is -0.117. The Bertz CT molecular complexity index is 5570. The minimum atomic E-state index is 0.0682. The number of aromatic nitrogens is 9. The van der Waals surface area contributed by atoms with Gasteiger partial charge in [0.05, 0.1) is 45.2 Å². The normalized spacial score (nSPS) is 11.6. The van der Waals surface area contributed by atoms with E-state index in [1.165, 1.54) is 77.2 Å². The third-order valence-electron chi connectivity index (χ3n) is 18.9. The summed E-state index contributed by atoms with van der Waals surface area (Å²) in [7, 11) is 1.79. The lowest BCUT2D eigenvalue weighted by Gasteiger charge is -2.20. The van der Waals surface area contributed by atoms with Crippen LogP contribution in [0.2, 0.25) is 0 Å². The molecule has 0 unspecified atom stereocenters. The van der Waals surface area contributed by atoms with E-state index in [1.54, 1.807) is 35.0 Å². The number of rotatable bonds is 8. The molecule has 9 aromatic heterocycles. The smallest absolute Gasteiger partial charge is 0.254 e. The van der Waals surface area contributed by atoms with Crippen molar-refractivity contribution in [3.63, 3.8) is 0 Å². The van der Waals surface area contributed by atoms with Crippen LogP contribution in [0.3, 0.4) is 0 Å². The maximum absolute atomic E-state index is 12.0. The number of aryl methyl sites for hydroxylation is 3. The van der Waals surface area contributed by atoms with Crippen LogP contribution in [-0.2, 0) is 18.3 Å². The number of amides is 1. The van der Waals surface area contributed by atoms with E-state index in [9.17, 15) is 14.4 Å². The molecule has 10 heterocycles. The number of fused-ring (bicyclic) bond motifs is 8.